The number of nitrogens with zero attached hydrogens (tertiary/aromatic N) is 2. The monoisotopic (exact) mass is 314 g/mol. The molecule has 1 aromatic carbocycles. The number of amides is 1. The third-order valence-corrected chi connectivity index (χ3v) is 3.43. The molecule has 0 unspecified atom stereocenters. The molecule has 0 aliphatic carbocycles. The van der Waals surface area contributed by atoms with Crippen molar-refractivity contribution in [2.75, 3.05) is 4.90 Å². The molecule has 0 radical (unpaired) electrons. The van der Waals surface area contributed by atoms with Gasteiger partial charge >= 0.3 is 6.18 Å². The number of carbonyl (C=O) groups is 2. The standard InChI is InChI=1S/C13H9F3N2O2S/c1-8(20)18(12-17-10(6-19)7-21-12)11-4-2-9(3-5-11)13(14,15)16/h2-7H,1H3. The number of aromatic nitrogens is 1. The molecule has 0 saturated carbocycles. The van der Waals surface area contributed by atoms with Gasteiger partial charge < -0.3 is 0 Å². The molecule has 110 valence electrons. The van der Waals surface area contributed by atoms with Gasteiger partial charge in [0.1, 0.15) is 5.69 Å². The largest absolute Gasteiger partial charge is 0.416 e. The summed E-state index contributed by atoms with van der Waals surface area (Å²) in [5.41, 5.74) is -0.391. The first-order chi connectivity index (χ1) is 9.82. The van der Waals surface area contributed by atoms with Crippen LogP contribution in [-0.2, 0) is 11.0 Å². The van der Waals surface area contributed by atoms with Gasteiger partial charge in [-0.1, -0.05) is 0 Å². The van der Waals surface area contributed by atoms with Crippen LogP contribution in [0.25, 0.3) is 0 Å². The highest BCUT2D eigenvalue weighted by molar-refractivity contribution is 7.14. The number of rotatable bonds is 3. The Labute approximate surface area is 121 Å². The zero-order valence-corrected chi connectivity index (χ0v) is 11.5. The normalized spacial score (nSPS) is 11.2. The number of hydrogen-bond acceptors (Lipinski definition) is 4. The molecule has 0 aliphatic rings. The highest BCUT2D eigenvalue weighted by atomic mass is 32.1. The average Bonchev–Trinajstić information content (AvgIpc) is 2.86. The minimum atomic E-state index is -4.44. The zero-order valence-electron chi connectivity index (χ0n) is 10.7. The van der Waals surface area contributed by atoms with E-state index in [4.69, 9.17) is 0 Å². The smallest absolute Gasteiger partial charge is 0.296 e. The molecule has 2 rings (SSSR count). The van der Waals surface area contributed by atoms with Crippen LogP contribution in [-0.4, -0.2) is 17.2 Å². The maximum atomic E-state index is 12.5. The second-order valence-corrected chi connectivity index (χ2v) is 4.91. The number of benzene rings is 1. The fraction of sp³-hybridized carbons (Fsp3) is 0.154. The van der Waals surface area contributed by atoms with Crippen LogP contribution in [0, 0.1) is 0 Å². The SMILES string of the molecule is CC(=O)N(c1ccc(C(F)(F)F)cc1)c1nc(C=O)cs1. The van der Waals surface area contributed by atoms with Gasteiger partial charge in [0.05, 0.1) is 11.3 Å². The molecule has 4 nitrogen and oxygen atoms in total. The van der Waals surface area contributed by atoms with E-state index in [1.807, 2.05) is 0 Å². The van der Waals surface area contributed by atoms with Gasteiger partial charge in [-0.15, -0.1) is 11.3 Å². The lowest BCUT2D eigenvalue weighted by atomic mass is 10.2. The number of anilines is 2. The maximum absolute atomic E-state index is 12.5. The molecule has 8 heteroatoms. The summed E-state index contributed by atoms with van der Waals surface area (Å²) in [5, 5.41) is 1.69. The fourth-order valence-electron chi connectivity index (χ4n) is 1.66. The van der Waals surface area contributed by atoms with Crippen LogP contribution in [0.4, 0.5) is 24.0 Å². The average molecular weight is 314 g/mol. The van der Waals surface area contributed by atoms with E-state index >= 15 is 0 Å². The highest BCUT2D eigenvalue weighted by Crippen LogP contribution is 2.33. The molecular weight excluding hydrogens is 305 g/mol. The highest BCUT2D eigenvalue weighted by Gasteiger charge is 2.30. The lowest BCUT2D eigenvalue weighted by Crippen LogP contribution is -2.22. The zero-order chi connectivity index (χ0) is 15.6. The van der Waals surface area contributed by atoms with Crippen LogP contribution in [0.3, 0.4) is 0 Å². The molecule has 0 fully saturated rings. The van der Waals surface area contributed by atoms with E-state index < -0.39 is 17.6 Å². The molecule has 0 spiro atoms. The minimum Gasteiger partial charge on any atom is -0.296 e. The van der Waals surface area contributed by atoms with Gasteiger partial charge in [-0.2, -0.15) is 13.2 Å². The first-order valence-electron chi connectivity index (χ1n) is 5.71. The Kier molecular flexibility index (Phi) is 4.08. The van der Waals surface area contributed by atoms with Crippen molar-refractivity contribution >= 4 is 34.3 Å². The molecule has 0 atom stereocenters. The molecule has 0 N–H and O–H groups in total. The third kappa shape index (κ3) is 3.27. The van der Waals surface area contributed by atoms with Crippen molar-refractivity contribution in [3.05, 3.63) is 40.9 Å². The predicted octanol–water partition coefficient (Wildman–Crippen LogP) is 3.66. The minimum absolute atomic E-state index is 0.160. The van der Waals surface area contributed by atoms with E-state index in [0.717, 1.165) is 28.4 Å². The number of alkyl halides is 3. The van der Waals surface area contributed by atoms with Crippen molar-refractivity contribution in [1.82, 2.24) is 4.98 Å². The van der Waals surface area contributed by atoms with Gasteiger partial charge in [0.25, 0.3) is 0 Å². The van der Waals surface area contributed by atoms with E-state index in [1.54, 1.807) is 0 Å². The second kappa shape index (κ2) is 5.65. The van der Waals surface area contributed by atoms with Crippen LogP contribution in [0.15, 0.2) is 29.6 Å². The molecule has 0 aliphatic heterocycles. The number of hydrogen-bond donors (Lipinski definition) is 0. The first kappa shape index (κ1) is 15.2. The summed E-state index contributed by atoms with van der Waals surface area (Å²) in [6, 6.07) is 4.15. The van der Waals surface area contributed by atoms with Gasteiger partial charge in [0.2, 0.25) is 5.91 Å². The Morgan fingerprint density at radius 3 is 2.33 bits per heavy atom. The van der Waals surface area contributed by atoms with E-state index in [9.17, 15) is 22.8 Å². The van der Waals surface area contributed by atoms with E-state index in [0.29, 0.717) is 6.29 Å². The van der Waals surface area contributed by atoms with Crippen molar-refractivity contribution in [2.24, 2.45) is 0 Å². The topological polar surface area (TPSA) is 50.3 Å². The molecule has 1 heterocycles. The van der Waals surface area contributed by atoms with Crippen molar-refractivity contribution in [3.63, 3.8) is 0 Å². The van der Waals surface area contributed by atoms with Crippen LogP contribution in [0.5, 0.6) is 0 Å². The van der Waals surface area contributed by atoms with E-state index in [-0.39, 0.29) is 16.5 Å². The predicted molar refractivity (Wildman–Crippen MR) is 71.8 cm³/mol. The third-order valence-electron chi connectivity index (χ3n) is 2.59. The number of halogens is 3. The Hall–Kier alpha value is -2.22. The van der Waals surface area contributed by atoms with Gasteiger partial charge in [-0.05, 0) is 24.3 Å². The van der Waals surface area contributed by atoms with E-state index in [1.165, 1.54) is 24.4 Å². The summed E-state index contributed by atoms with van der Waals surface area (Å²) in [4.78, 5) is 27.4. The van der Waals surface area contributed by atoms with Crippen LogP contribution in [0.2, 0.25) is 0 Å². The van der Waals surface area contributed by atoms with E-state index in [2.05, 4.69) is 4.98 Å². The van der Waals surface area contributed by atoms with Crippen LogP contribution in [0.1, 0.15) is 23.0 Å². The molecule has 0 saturated heterocycles. The summed E-state index contributed by atoms with van der Waals surface area (Å²) >= 11 is 1.06. The van der Waals surface area contributed by atoms with Crippen molar-refractivity contribution in [2.45, 2.75) is 13.1 Å². The molecule has 21 heavy (non-hydrogen) atoms. The molecule has 0 bridgehead atoms. The van der Waals surface area contributed by atoms with Crippen LogP contribution >= 0.6 is 11.3 Å². The number of carbonyl (C=O) groups excluding carboxylic acids is 2. The summed E-state index contributed by atoms with van der Waals surface area (Å²) < 4.78 is 37.6. The van der Waals surface area contributed by atoms with Gasteiger partial charge in [0, 0.05) is 12.3 Å². The first-order valence-corrected chi connectivity index (χ1v) is 6.59. The number of thiazole rings is 1. The maximum Gasteiger partial charge on any atom is 0.416 e. The summed E-state index contributed by atoms with van der Waals surface area (Å²) in [7, 11) is 0. The summed E-state index contributed by atoms with van der Waals surface area (Å²) in [6.45, 7) is 1.26. The van der Waals surface area contributed by atoms with Crippen molar-refractivity contribution < 1.29 is 22.8 Å². The Balaban J connectivity index is 2.39. The molecular formula is C13H9F3N2O2S. The molecule has 1 amide bonds. The van der Waals surface area contributed by atoms with Gasteiger partial charge in [-0.3, -0.25) is 14.5 Å². The fourth-order valence-corrected chi connectivity index (χ4v) is 2.49. The van der Waals surface area contributed by atoms with Crippen molar-refractivity contribution in [1.29, 1.82) is 0 Å². The van der Waals surface area contributed by atoms with Gasteiger partial charge in [0.15, 0.2) is 11.4 Å². The summed E-state index contributed by atoms with van der Waals surface area (Å²) in [5.74, 6) is -0.415. The molecule has 1 aromatic heterocycles. The van der Waals surface area contributed by atoms with Crippen LogP contribution < -0.4 is 4.90 Å². The molecule has 2 aromatic rings. The van der Waals surface area contributed by atoms with Gasteiger partial charge in [-0.25, -0.2) is 4.98 Å². The number of aldehydes is 1. The Bertz CT molecular complexity index is 665. The lowest BCUT2D eigenvalue weighted by molar-refractivity contribution is -0.137. The van der Waals surface area contributed by atoms with Crippen molar-refractivity contribution in [3.8, 4) is 0 Å². The summed E-state index contributed by atoms with van der Waals surface area (Å²) in [6.07, 6.45) is -3.91. The quantitative estimate of drug-likeness (QED) is 0.812. The lowest BCUT2D eigenvalue weighted by Gasteiger charge is -2.18. The second-order valence-electron chi connectivity index (χ2n) is 4.07. The Morgan fingerprint density at radius 1 is 1.29 bits per heavy atom. The Morgan fingerprint density at radius 2 is 1.90 bits per heavy atom.